The molecule has 0 saturated carbocycles. The third kappa shape index (κ3) is 4.84. The van der Waals surface area contributed by atoms with Crippen molar-refractivity contribution in [2.75, 3.05) is 31.6 Å². The monoisotopic (exact) mass is 412 g/mol. The van der Waals surface area contributed by atoms with Gasteiger partial charge in [0.1, 0.15) is 15.9 Å². The first-order valence-electron chi connectivity index (χ1n) is 8.25. The molecule has 1 aliphatic rings. The highest BCUT2D eigenvalue weighted by Crippen LogP contribution is 2.28. The summed E-state index contributed by atoms with van der Waals surface area (Å²) in [6, 6.07) is 3.68. The molecule has 1 N–H and O–H groups in total. The summed E-state index contributed by atoms with van der Waals surface area (Å²) in [5, 5.41) is 2.56. The van der Waals surface area contributed by atoms with E-state index in [2.05, 4.69) is 38.1 Å². The average molecular weight is 413 g/mol. The van der Waals surface area contributed by atoms with E-state index in [1.807, 2.05) is 26.8 Å². The Morgan fingerprint density at radius 2 is 2.00 bits per heavy atom. The molecule has 1 saturated heterocycles. The number of nitrogens with zero attached hydrogens (tertiary/aromatic N) is 3. The van der Waals surface area contributed by atoms with E-state index in [1.54, 1.807) is 18.0 Å². The first kappa shape index (κ1) is 19.5. The van der Waals surface area contributed by atoms with Gasteiger partial charge in [-0.2, -0.15) is 0 Å². The number of amides is 2. The summed E-state index contributed by atoms with van der Waals surface area (Å²) in [6.07, 6.45) is -0.286. The summed E-state index contributed by atoms with van der Waals surface area (Å²) in [5.74, 6) is -0.227. The molecule has 2 amide bonds. The second kappa shape index (κ2) is 7.59. The highest BCUT2D eigenvalue weighted by Gasteiger charge is 2.31. The summed E-state index contributed by atoms with van der Waals surface area (Å²) in [6.45, 7) is 9.45. The molecule has 1 aliphatic heterocycles. The van der Waals surface area contributed by atoms with Gasteiger partial charge < -0.3 is 19.9 Å². The van der Waals surface area contributed by atoms with Crippen molar-refractivity contribution in [3.8, 4) is 0 Å². The van der Waals surface area contributed by atoms with E-state index in [0.29, 0.717) is 29.9 Å². The number of carbonyl (C=O) groups is 2. The van der Waals surface area contributed by atoms with Crippen LogP contribution in [0.4, 0.5) is 10.5 Å². The lowest BCUT2D eigenvalue weighted by molar-refractivity contribution is 0.0218. The van der Waals surface area contributed by atoms with Crippen LogP contribution in [0, 0.1) is 0 Å². The summed E-state index contributed by atoms with van der Waals surface area (Å²) < 4.78 is 6.06. The van der Waals surface area contributed by atoms with Crippen molar-refractivity contribution in [3.63, 3.8) is 0 Å². The molecule has 0 unspecified atom stereocenters. The van der Waals surface area contributed by atoms with Crippen molar-refractivity contribution >= 4 is 33.6 Å². The zero-order valence-corrected chi connectivity index (χ0v) is 16.9. The van der Waals surface area contributed by atoms with Crippen molar-refractivity contribution in [1.29, 1.82) is 0 Å². The third-order valence-electron chi connectivity index (χ3n) is 3.88. The normalized spacial score (nSPS) is 18.1. The highest BCUT2D eigenvalue weighted by atomic mass is 79.9. The molecule has 0 bridgehead atoms. The van der Waals surface area contributed by atoms with Crippen LogP contribution in [0.5, 0.6) is 0 Å². The van der Waals surface area contributed by atoms with Gasteiger partial charge in [0.2, 0.25) is 0 Å². The van der Waals surface area contributed by atoms with E-state index in [1.165, 1.54) is 0 Å². The fourth-order valence-corrected chi connectivity index (χ4v) is 3.25. The lowest BCUT2D eigenvalue weighted by atomic mass is 10.1. The van der Waals surface area contributed by atoms with Crippen LogP contribution in [0.25, 0.3) is 0 Å². The minimum atomic E-state index is -0.500. The Bertz CT molecular complexity index is 660. The zero-order valence-electron chi connectivity index (χ0n) is 15.3. The Kier molecular flexibility index (Phi) is 5.92. The lowest BCUT2D eigenvalue weighted by Crippen LogP contribution is -2.54. The van der Waals surface area contributed by atoms with Gasteiger partial charge in [0.05, 0.1) is 5.69 Å². The Morgan fingerprint density at radius 1 is 1.32 bits per heavy atom. The van der Waals surface area contributed by atoms with E-state index >= 15 is 0 Å². The van der Waals surface area contributed by atoms with E-state index in [9.17, 15) is 9.59 Å². The number of nitrogens with one attached hydrogen (secondary N) is 1. The van der Waals surface area contributed by atoms with E-state index in [4.69, 9.17) is 4.74 Å². The third-order valence-corrected chi connectivity index (χ3v) is 4.46. The van der Waals surface area contributed by atoms with Gasteiger partial charge in [-0.15, -0.1) is 0 Å². The summed E-state index contributed by atoms with van der Waals surface area (Å²) in [5.41, 5.74) is 0.766. The Hall–Kier alpha value is -1.83. The molecule has 7 nitrogen and oxygen atoms in total. The van der Waals surface area contributed by atoms with Crippen molar-refractivity contribution < 1.29 is 14.3 Å². The number of pyridine rings is 1. The largest absolute Gasteiger partial charge is 0.444 e. The maximum Gasteiger partial charge on any atom is 0.410 e. The number of hydrogen-bond donors (Lipinski definition) is 1. The van der Waals surface area contributed by atoms with Gasteiger partial charge >= 0.3 is 6.09 Å². The standard InChI is InChI=1S/C17H25BrN4O3/c1-11-10-21(16(24)25-17(2,3)4)8-9-22(11)13-7-6-12(15(23)19-5)20-14(13)18/h6-7,11H,8-10H2,1-5H3,(H,19,23)/t11-/m1/s1. The maximum absolute atomic E-state index is 12.2. The Balaban J connectivity index is 2.09. The predicted molar refractivity (Wildman–Crippen MR) is 99.9 cm³/mol. The first-order chi connectivity index (χ1) is 11.6. The van der Waals surface area contributed by atoms with Crippen molar-refractivity contribution in [1.82, 2.24) is 15.2 Å². The van der Waals surface area contributed by atoms with Crippen LogP contribution in [0.3, 0.4) is 0 Å². The molecule has 0 aromatic carbocycles. The minimum Gasteiger partial charge on any atom is -0.444 e. The molecule has 1 atom stereocenters. The second-order valence-corrected chi connectivity index (χ2v) is 7.81. The van der Waals surface area contributed by atoms with Gasteiger partial charge in [-0.3, -0.25) is 4.79 Å². The van der Waals surface area contributed by atoms with Gasteiger partial charge in [0.15, 0.2) is 0 Å². The van der Waals surface area contributed by atoms with Gasteiger partial charge in [-0.25, -0.2) is 9.78 Å². The van der Waals surface area contributed by atoms with E-state index in [-0.39, 0.29) is 18.0 Å². The van der Waals surface area contributed by atoms with Crippen LogP contribution in [0.2, 0.25) is 0 Å². The number of piperazine rings is 1. The number of ether oxygens (including phenoxy) is 1. The van der Waals surface area contributed by atoms with Gasteiger partial charge in [0, 0.05) is 32.7 Å². The molecule has 1 aromatic rings. The molecular formula is C17H25BrN4O3. The first-order valence-corrected chi connectivity index (χ1v) is 9.05. The topological polar surface area (TPSA) is 74.8 Å². The van der Waals surface area contributed by atoms with Crippen LogP contribution >= 0.6 is 15.9 Å². The van der Waals surface area contributed by atoms with E-state index < -0.39 is 5.60 Å². The molecule has 2 rings (SSSR count). The Labute approximate surface area is 156 Å². The molecule has 25 heavy (non-hydrogen) atoms. The SMILES string of the molecule is CNC(=O)c1ccc(N2CCN(C(=O)OC(C)(C)C)C[C@H]2C)c(Br)n1. The molecule has 0 spiro atoms. The van der Waals surface area contributed by atoms with Crippen LogP contribution in [-0.4, -0.2) is 60.2 Å². The molecule has 1 aromatic heterocycles. The average Bonchev–Trinajstić information content (AvgIpc) is 2.52. The highest BCUT2D eigenvalue weighted by molar-refractivity contribution is 9.10. The fourth-order valence-electron chi connectivity index (χ4n) is 2.70. The molecule has 138 valence electrons. The lowest BCUT2D eigenvalue weighted by Gasteiger charge is -2.41. The van der Waals surface area contributed by atoms with Crippen molar-refractivity contribution in [2.24, 2.45) is 0 Å². The number of hydrogen-bond acceptors (Lipinski definition) is 5. The molecule has 0 aliphatic carbocycles. The van der Waals surface area contributed by atoms with Gasteiger partial charge in [-0.1, -0.05) is 0 Å². The van der Waals surface area contributed by atoms with Crippen molar-refractivity contribution in [3.05, 3.63) is 22.4 Å². The van der Waals surface area contributed by atoms with Gasteiger partial charge in [0.25, 0.3) is 5.91 Å². The minimum absolute atomic E-state index is 0.102. The van der Waals surface area contributed by atoms with E-state index in [0.717, 1.165) is 5.69 Å². The molecule has 1 fully saturated rings. The second-order valence-electron chi connectivity index (χ2n) is 7.05. The summed E-state index contributed by atoms with van der Waals surface area (Å²) in [7, 11) is 1.57. The van der Waals surface area contributed by atoms with Crippen LogP contribution in [-0.2, 0) is 4.74 Å². The molecule has 2 heterocycles. The number of halogens is 1. The maximum atomic E-state index is 12.2. The predicted octanol–water partition coefficient (Wildman–Crippen LogP) is 2.65. The molecular weight excluding hydrogens is 388 g/mol. The number of aromatic nitrogens is 1. The summed E-state index contributed by atoms with van der Waals surface area (Å²) >= 11 is 3.45. The molecule has 8 heteroatoms. The zero-order chi connectivity index (χ0) is 18.8. The van der Waals surface area contributed by atoms with Gasteiger partial charge in [-0.05, 0) is 55.8 Å². The number of rotatable bonds is 2. The number of carbonyl (C=O) groups excluding carboxylic acids is 2. The van der Waals surface area contributed by atoms with Crippen LogP contribution < -0.4 is 10.2 Å². The molecule has 0 radical (unpaired) electrons. The van der Waals surface area contributed by atoms with Crippen LogP contribution in [0.15, 0.2) is 16.7 Å². The summed E-state index contributed by atoms with van der Waals surface area (Å²) in [4.78, 5) is 32.1. The smallest absolute Gasteiger partial charge is 0.410 e. The number of anilines is 1. The fraction of sp³-hybridized carbons (Fsp3) is 0.588. The van der Waals surface area contributed by atoms with Crippen molar-refractivity contribution in [2.45, 2.75) is 39.3 Å². The Morgan fingerprint density at radius 3 is 2.52 bits per heavy atom. The van der Waals surface area contributed by atoms with Crippen LogP contribution in [0.1, 0.15) is 38.2 Å². The quantitative estimate of drug-likeness (QED) is 0.755.